The lowest BCUT2D eigenvalue weighted by molar-refractivity contribution is 0.103. The number of aryl methyl sites for hydroxylation is 2. The first kappa shape index (κ1) is 12.4. The lowest BCUT2D eigenvalue weighted by Crippen LogP contribution is -2.07. The average Bonchev–Trinajstić information content (AvgIpc) is 2.56. The number of carbonyl (C=O) groups is 1. The van der Waals surface area contributed by atoms with Crippen LogP contribution in [0.3, 0.4) is 0 Å². The highest BCUT2D eigenvalue weighted by Crippen LogP contribution is 2.20. The Hall–Kier alpha value is -2.04. The SMILES string of the molecule is Cc1nn(C)c(C)c1C(=O)c1cc(F)ccc1F. The van der Waals surface area contributed by atoms with Crippen LogP contribution in [0.5, 0.6) is 0 Å². The summed E-state index contributed by atoms with van der Waals surface area (Å²) in [5, 5.41) is 4.09. The number of hydrogen-bond acceptors (Lipinski definition) is 2. The third-order valence-corrected chi connectivity index (χ3v) is 2.91. The molecule has 2 aromatic rings. The molecule has 0 spiro atoms. The van der Waals surface area contributed by atoms with Gasteiger partial charge in [-0.15, -0.1) is 0 Å². The zero-order valence-electron chi connectivity index (χ0n) is 10.3. The van der Waals surface area contributed by atoms with Crippen LogP contribution >= 0.6 is 0 Å². The zero-order valence-corrected chi connectivity index (χ0v) is 10.3. The minimum atomic E-state index is -0.732. The Morgan fingerprint density at radius 3 is 2.50 bits per heavy atom. The van der Waals surface area contributed by atoms with Crippen molar-refractivity contribution in [1.82, 2.24) is 9.78 Å². The second-order valence-electron chi connectivity index (χ2n) is 4.12. The van der Waals surface area contributed by atoms with Crippen molar-refractivity contribution >= 4 is 5.78 Å². The molecule has 18 heavy (non-hydrogen) atoms. The van der Waals surface area contributed by atoms with Crippen LogP contribution in [0.4, 0.5) is 8.78 Å². The highest BCUT2D eigenvalue weighted by Gasteiger charge is 2.21. The summed E-state index contributed by atoms with van der Waals surface area (Å²) in [6, 6.07) is 2.84. The Morgan fingerprint density at radius 2 is 1.94 bits per heavy atom. The zero-order chi connectivity index (χ0) is 13.4. The fraction of sp³-hybridized carbons (Fsp3) is 0.231. The van der Waals surface area contributed by atoms with E-state index in [1.54, 1.807) is 25.6 Å². The van der Waals surface area contributed by atoms with Crippen LogP contribution in [0.2, 0.25) is 0 Å². The predicted molar refractivity (Wildman–Crippen MR) is 62.5 cm³/mol. The van der Waals surface area contributed by atoms with E-state index in [4.69, 9.17) is 0 Å². The summed E-state index contributed by atoms with van der Waals surface area (Å²) in [7, 11) is 1.70. The molecule has 0 aliphatic carbocycles. The summed E-state index contributed by atoms with van der Waals surface area (Å²) in [5.74, 6) is -1.92. The minimum Gasteiger partial charge on any atom is -0.288 e. The van der Waals surface area contributed by atoms with E-state index >= 15 is 0 Å². The van der Waals surface area contributed by atoms with E-state index in [1.807, 2.05) is 0 Å². The van der Waals surface area contributed by atoms with E-state index in [1.165, 1.54) is 0 Å². The van der Waals surface area contributed by atoms with Crippen molar-refractivity contribution in [2.45, 2.75) is 13.8 Å². The first-order valence-electron chi connectivity index (χ1n) is 5.41. The molecule has 1 aromatic heterocycles. The third kappa shape index (κ3) is 1.92. The molecule has 0 atom stereocenters. The van der Waals surface area contributed by atoms with Crippen LogP contribution in [0, 0.1) is 25.5 Å². The molecule has 0 fully saturated rings. The van der Waals surface area contributed by atoms with Crippen LogP contribution in [-0.2, 0) is 7.05 Å². The molecule has 2 rings (SSSR count). The quantitative estimate of drug-likeness (QED) is 0.768. The van der Waals surface area contributed by atoms with Crippen molar-refractivity contribution in [3.05, 3.63) is 52.3 Å². The maximum atomic E-state index is 13.6. The Labute approximate surface area is 103 Å². The molecule has 0 aliphatic heterocycles. The molecule has 0 saturated carbocycles. The van der Waals surface area contributed by atoms with Gasteiger partial charge in [0.1, 0.15) is 11.6 Å². The molecule has 0 aliphatic rings. The lowest BCUT2D eigenvalue weighted by Gasteiger charge is -2.03. The minimum absolute atomic E-state index is 0.269. The van der Waals surface area contributed by atoms with E-state index in [9.17, 15) is 13.6 Å². The number of ketones is 1. The van der Waals surface area contributed by atoms with Crippen molar-refractivity contribution in [2.75, 3.05) is 0 Å². The topological polar surface area (TPSA) is 34.9 Å². The summed E-state index contributed by atoms with van der Waals surface area (Å²) in [6.45, 7) is 3.38. The molecule has 0 saturated heterocycles. The first-order valence-corrected chi connectivity index (χ1v) is 5.41. The number of hydrogen-bond donors (Lipinski definition) is 0. The number of aromatic nitrogens is 2. The molecule has 3 nitrogen and oxygen atoms in total. The fourth-order valence-corrected chi connectivity index (χ4v) is 1.91. The molecule has 0 radical (unpaired) electrons. The molecule has 1 heterocycles. The molecule has 1 aromatic carbocycles. The van der Waals surface area contributed by atoms with Crippen molar-refractivity contribution in [2.24, 2.45) is 7.05 Å². The predicted octanol–water partition coefficient (Wildman–Crippen LogP) is 2.55. The van der Waals surface area contributed by atoms with E-state index in [0.717, 1.165) is 18.2 Å². The van der Waals surface area contributed by atoms with Gasteiger partial charge in [0.05, 0.1) is 16.8 Å². The van der Waals surface area contributed by atoms with Gasteiger partial charge in [-0.05, 0) is 32.0 Å². The fourth-order valence-electron chi connectivity index (χ4n) is 1.91. The Morgan fingerprint density at radius 1 is 1.28 bits per heavy atom. The molecular formula is C13H12F2N2O. The van der Waals surface area contributed by atoms with Gasteiger partial charge in [0.2, 0.25) is 0 Å². The number of carbonyl (C=O) groups excluding carboxylic acids is 1. The molecule has 94 valence electrons. The Balaban J connectivity index is 2.58. The second-order valence-corrected chi connectivity index (χ2v) is 4.12. The normalized spacial score (nSPS) is 10.7. The highest BCUT2D eigenvalue weighted by atomic mass is 19.1. The van der Waals surface area contributed by atoms with Crippen LogP contribution in [-0.4, -0.2) is 15.6 Å². The van der Waals surface area contributed by atoms with Gasteiger partial charge in [0.25, 0.3) is 0 Å². The van der Waals surface area contributed by atoms with Crippen molar-refractivity contribution < 1.29 is 13.6 Å². The maximum absolute atomic E-state index is 13.6. The van der Waals surface area contributed by atoms with Gasteiger partial charge in [-0.3, -0.25) is 9.48 Å². The van der Waals surface area contributed by atoms with E-state index in [2.05, 4.69) is 5.10 Å². The summed E-state index contributed by atoms with van der Waals surface area (Å²) >= 11 is 0. The molecule has 0 N–H and O–H groups in total. The summed E-state index contributed by atoms with van der Waals surface area (Å²) < 4.78 is 28.2. The highest BCUT2D eigenvalue weighted by molar-refractivity contribution is 6.10. The van der Waals surface area contributed by atoms with Crippen molar-refractivity contribution in [3.63, 3.8) is 0 Å². The first-order chi connectivity index (χ1) is 8.41. The smallest absolute Gasteiger partial charge is 0.199 e. The molecule has 5 heteroatoms. The summed E-state index contributed by atoms with van der Waals surface area (Å²) in [4.78, 5) is 12.2. The largest absolute Gasteiger partial charge is 0.288 e. The monoisotopic (exact) mass is 250 g/mol. The van der Waals surface area contributed by atoms with Gasteiger partial charge in [-0.2, -0.15) is 5.10 Å². The number of halogens is 2. The van der Waals surface area contributed by atoms with Gasteiger partial charge in [0, 0.05) is 12.7 Å². The van der Waals surface area contributed by atoms with Gasteiger partial charge in [-0.1, -0.05) is 0 Å². The summed E-state index contributed by atoms with van der Waals surface area (Å²) in [5.41, 5.74) is 1.18. The van der Waals surface area contributed by atoms with Crippen molar-refractivity contribution in [3.8, 4) is 0 Å². The van der Waals surface area contributed by atoms with Gasteiger partial charge < -0.3 is 0 Å². The molecule has 0 amide bonds. The Kier molecular flexibility index (Phi) is 2.98. The lowest BCUT2D eigenvalue weighted by atomic mass is 10.0. The Bertz CT molecular complexity index is 632. The van der Waals surface area contributed by atoms with E-state index < -0.39 is 17.4 Å². The molecule has 0 unspecified atom stereocenters. The van der Waals surface area contributed by atoms with E-state index in [-0.39, 0.29) is 5.56 Å². The second kappa shape index (κ2) is 4.33. The summed E-state index contributed by atoms with van der Waals surface area (Å²) in [6.07, 6.45) is 0. The number of nitrogens with zero attached hydrogens (tertiary/aromatic N) is 2. The molecule has 0 bridgehead atoms. The third-order valence-electron chi connectivity index (χ3n) is 2.91. The number of rotatable bonds is 2. The number of benzene rings is 1. The molecular weight excluding hydrogens is 238 g/mol. The van der Waals surface area contributed by atoms with Crippen LogP contribution in [0.25, 0.3) is 0 Å². The van der Waals surface area contributed by atoms with E-state index in [0.29, 0.717) is 17.0 Å². The average molecular weight is 250 g/mol. The maximum Gasteiger partial charge on any atom is 0.199 e. The van der Waals surface area contributed by atoms with Crippen LogP contribution in [0.1, 0.15) is 27.3 Å². The van der Waals surface area contributed by atoms with Crippen molar-refractivity contribution in [1.29, 1.82) is 0 Å². The van der Waals surface area contributed by atoms with Crippen LogP contribution in [0.15, 0.2) is 18.2 Å². The standard InChI is InChI=1S/C13H12F2N2O/c1-7-12(8(2)17(3)16-7)13(18)10-6-9(14)4-5-11(10)15/h4-6H,1-3H3. The van der Waals surface area contributed by atoms with Gasteiger partial charge in [-0.25, -0.2) is 8.78 Å². The van der Waals surface area contributed by atoms with Crippen LogP contribution < -0.4 is 0 Å². The van der Waals surface area contributed by atoms with Gasteiger partial charge >= 0.3 is 0 Å². The van der Waals surface area contributed by atoms with Gasteiger partial charge in [0.15, 0.2) is 5.78 Å².